The third-order valence-electron chi connectivity index (χ3n) is 4.79. The molecule has 0 unspecified atom stereocenters. The Labute approximate surface area is 186 Å². The molecule has 0 aliphatic heterocycles. The Morgan fingerprint density at radius 2 is 1.56 bits per heavy atom. The molecule has 0 fully saturated rings. The van der Waals surface area contributed by atoms with Gasteiger partial charge in [0.05, 0.1) is 6.21 Å². The number of carbonyl (C=O) groups excluding carboxylic acids is 1. The van der Waals surface area contributed by atoms with Crippen molar-refractivity contribution in [3.63, 3.8) is 0 Å². The van der Waals surface area contributed by atoms with E-state index in [1.807, 2.05) is 43.3 Å². The highest BCUT2D eigenvalue weighted by Crippen LogP contribution is 2.23. The molecular formula is C25H20N2O4S. The molecule has 4 aromatic carbocycles. The average molecular weight is 445 g/mol. The maximum Gasteiger partial charge on any atom is 0.339 e. The number of rotatable bonds is 6. The summed E-state index contributed by atoms with van der Waals surface area (Å²) >= 11 is 0. The minimum absolute atomic E-state index is 0.0839. The molecule has 32 heavy (non-hydrogen) atoms. The lowest BCUT2D eigenvalue weighted by Gasteiger charge is -2.08. The largest absolute Gasteiger partial charge is 0.379 e. The number of nitrogens with one attached hydrogen (secondary N) is 1. The quantitative estimate of drug-likeness (QED) is 0.266. The molecular weight excluding hydrogens is 424 g/mol. The van der Waals surface area contributed by atoms with Crippen LogP contribution < -0.4 is 9.61 Å². The molecule has 0 atom stereocenters. The Balaban J connectivity index is 1.41. The van der Waals surface area contributed by atoms with Crippen molar-refractivity contribution in [3.8, 4) is 5.75 Å². The lowest BCUT2D eigenvalue weighted by atomic mass is 10.1. The summed E-state index contributed by atoms with van der Waals surface area (Å²) in [5.41, 5.74) is 4.70. The van der Waals surface area contributed by atoms with E-state index in [0.29, 0.717) is 11.1 Å². The minimum Gasteiger partial charge on any atom is -0.379 e. The van der Waals surface area contributed by atoms with Crippen molar-refractivity contribution < 1.29 is 17.4 Å². The molecule has 1 N–H and O–H groups in total. The highest BCUT2D eigenvalue weighted by atomic mass is 32.2. The van der Waals surface area contributed by atoms with E-state index in [0.717, 1.165) is 16.3 Å². The van der Waals surface area contributed by atoms with Crippen LogP contribution in [0, 0.1) is 6.92 Å². The topological polar surface area (TPSA) is 84.8 Å². The van der Waals surface area contributed by atoms with Crippen LogP contribution in [0.5, 0.6) is 5.75 Å². The first-order valence-electron chi connectivity index (χ1n) is 9.84. The first kappa shape index (κ1) is 21.3. The van der Waals surface area contributed by atoms with Crippen molar-refractivity contribution in [1.29, 1.82) is 0 Å². The fourth-order valence-corrected chi connectivity index (χ4v) is 4.01. The number of aryl methyl sites for hydroxylation is 1. The molecule has 0 bridgehead atoms. The van der Waals surface area contributed by atoms with Crippen LogP contribution in [0.1, 0.15) is 21.5 Å². The van der Waals surface area contributed by atoms with Crippen molar-refractivity contribution in [2.24, 2.45) is 5.10 Å². The van der Waals surface area contributed by atoms with Crippen LogP contribution in [0.15, 0.2) is 101 Å². The van der Waals surface area contributed by atoms with Gasteiger partial charge >= 0.3 is 10.1 Å². The van der Waals surface area contributed by atoms with Crippen LogP contribution in [0.3, 0.4) is 0 Å². The van der Waals surface area contributed by atoms with Gasteiger partial charge in [0.25, 0.3) is 5.91 Å². The number of nitrogens with zero attached hydrogens (tertiary/aromatic N) is 1. The zero-order chi connectivity index (χ0) is 22.6. The molecule has 4 aromatic rings. The Bertz CT molecular complexity index is 1390. The first-order chi connectivity index (χ1) is 15.4. The molecule has 0 saturated heterocycles. The molecule has 0 aliphatic rings. The van der Waals surface area contributed by atoms with Gasteiger partial charge in [0.15, 0.2) is 0 Å². The monoisotopic (exact) mass is 444 g/mol. The van der Waals surface area contributed by atoms with E-state index in [-0.39, 0.29) is 16.6 Å². The van der Waals surface area contributed by atoms with Gasteiger partial charge in [0, 0.05) is 5.56 Å². The summed E-state index contributed by atoms with van der Waals surface area (Å²) in [6, 6.07) is 25.9. The molecule has 7 heteroatoms. The first-order valence-corrected chi connectivity index (χ1v) is 11.2. The Morgan fingerprint density at radius 3 is 2.28 bits per heavy atom. The third kappa shape index (κ3) is 5.01. The summed E-state index contributed by atoms with van der Waals surface area (Å²) in [6.45, 7) is 1.94. The standard InChI is InChI=1S/C25H20N2O4S/c1-18-6-10-21(11-7-18)25(28)27-26-17-19-8-13-23(14-9-19)31-32(29,30)24-15-12-20-4-2-3-5-22(20)16-24/h2-17H,1H3,(H,27,28). The van der Waals surface area contributed by atoms with E-state index in [1.54, 1.807) is 36.4 Å². The van der Waals surface area contributed by atoms with Crippen LogP contribution in [0.4, 0.5) is 0 Å². The number of hydrazone groups is 1. The summed E-state index contributed by atoms with van der Waals surface area (Å²) in [6.07, 6.45) is 1.47. The summed E-state index contributed by atoms with van der Waals surface area (Å²) < 4.78 is 30.5. The van der Waals surface area contributed by atoms with Gasteiger partial charge in [-0.25, -0.2) is 5.43 Å². The second-order valence-corrected chi connectivity index (χ2v) is 8.73. The van der Waals surface area contributed by atoms with E-state index < -0.39 is 10.1 Å². The number of hydrogen-bond acceptors (Lipinski definition) is 5. The highest BCUT2D eigenvalue weighted by Gasteiger charge is 2.17. The van der Waals surface area contributed by atoms with Crippen molar-refractivity contribution in [1.82, 2.24) is 5.43 Å². The Hall–Kier alpha value is -3.97. The van der Waals surface area contributed by atoms with Gasteiger partial charge in [-0.15, -0.1) is 0 Å². The molecule has 0 saturated carbocycles. The van der Waals surface area contributed by atoms with Gasteiger partial charge in [-0.05, 0) is 71.8 Å². The molecule has 0 aliphatic carbocycles. The van der Waals surface area contributed by atoms with E-state index in [2.05, 4.69) is 10.5 Å². The highest BCUT2D eigenvalue weighted by molar-refractivity contribution is 7.87. The zero-order valence-corrected chi connectivity index (χ0v) is 18.0. The van der Waals surface area contributed by atoms with E-state index in [1.165, 1.54) is 24.4 Å². The predicted octanol–water partition coefficient (Wildman–Crippen LogP) is 4.68. The zero-order valence-electron chi connectivity index (χ0n) is 17.2. The number of amides is 1. The molecule has 0 radical (unpaired) electrons. The van der Waals surface area contributed by atoms with Crippen LogP contribution in [-0.2, 0) is 10.1 Å². The third-order valence-corrected chi connectivity index (χ3v) is 6.03. The van der Waals surface area contributed by atoms with E-state index in [4.69, 9.17) is 4.18 Å². The molecule has 0 aromatic heterocycles. The van der Waals surface area contributed by atoms with E-state index >= 15 is 0 Å². The van der Waals surface area contributed by atoms with Crippen molar-refractivity contribution in [2.75, 3.05) is 0 Å². The normalized spacial score (nSPS) is 11.5. The summed E-state index contributed by atoms with van der Waals surface area (Å²) in [7, 11) is -3.97. The molecule has 0 heterocycles. The van der Waals surface area contributed by atoms with Crippen LogP contribution >= 0.6 is 0 Å². The maximum atomic E-state index is 12.6. The van der Waals surface area contributed by atoms with Crippen LogP contribution in [-0.4, -0.2) is 20.5 Å². The van der Waals surface area contributed by atoms with Crippen molar-refractivity contribution >= 4 is 33.0 Å². The SMILES string of the molecule is Cc1ccc(C(=O)NN=Cc2ccc(OS(=O)(=O)c3ccc4ccccc4c3)cc2)cc1. The molecule has 0 spiro atoms. The van der Waals surface area contributed by atoms with Crippen LogP contribution in [0.2, 0.25) is 0 Å². The molecule has 1 amide bonds. The summed E-state index contributed by atoms with van der Waals surface area (Å²) in [5.74, 6) is -0.137. The second-order valence-electron chi connectivity index (χ2n) is 7.18. The van der Waals surface area contributed by atoms with Gasteiger partial charge in [0.2, 0.25) is 0 Å². The van der Waals surface area contributed by atoms with Crippen LogP contribution in [0.25, 0.3) is 10.8 Å². The van der Waals surface area contributed by atoms with Crippen molar-refractivity contribution in [2.45, 2.75) is 11.8 Å². The summed E-state index contributed by atoms with van der Waals surface area (Å²) in [5, 5.41) is 5.70. The molecule has 6 nitrogen and oxygen atoms in total. The predicted molar refractivity (Wildman–Crippen MR) is 124 cm³/mol. The fraction of sp³-hybridized carbons (Fsp3) is 0.0400. The Morgan fingerprint density at radius 1 is 0.875 bits per heavy atom. The van der Waals surface area contributed by atoms with Gasteiger partial charge in [0.1, 0.15) is 10.6 Å². The number of hydrogen-bond donors (Lipinski definition) is 1. The van der Waals surface area contributed by atoms with Gasteiger partial charge in [-0.1, -0.05) is 48.0 Å². The lowest BCUT2D eigenvalue weighted by Crippen LogP contribution is -2.17. The number of benzene rings is 4. The maximum absolute atomic E-state index is 12.6. The van der Waals surface area contributed by atoms with Gasteiger partial charge < -0.3 is 4.18 Å². The van der Waals surface area contributed by atoms with Crippen molar-refractivity contribution in [3.05, 3.63) is 108 Å². The fourth-order valence-electron chi connectivity index (χ4n) is 3.04. The average Bonchev–Trinajstić information content (AvgIpc) is 2.80. The second kappa shape index (κ2) is 9.03. The van der Waals surface area contributed by atoms with Gasteiger partial charge in [-0.3, -0.25) is 4.79 Å². The number of carbonyl (C=O) groups is 1. The Kier molecular flexibility index (Phi) is 6.00. The van der Waals surface area contributed by atoms with Gasteiger partial charge in [-0.2, -0.15) is 13.5 Å². The smallest absolute Gasteiger partial charge is 0.339 e. The molecule has 4 rings (SSSR count). The van der Waals surface area contributed by atoms with E-state index in [9.17, 15) is 13.2 Å². The minimum atomic E-state index is -3.97. The number of fused-ring (bicyclic) bond motifs is 1. The summed E-state index contributed by atoms with van der Waals surface area (Å²) in [4.78, 5) is 12.1. The molecule has 160 valence electrons. The lowest BCUT2D eigenvalue weighted by molar-refractivity contribution is 0.0955.